The summed E-state index contributed by atoms with van der Waals surface area (Å²) in [7, 11) is 0. The number of aromatic nitrogens is 1. The molecule has 0 aliphatic carbocycles. The number of amides is 2. The fourth-order valence-corrected chi connectivity index (χ4v) is 2.39. The molecule has 1 aliphatic rings. The van der Waals surface area contributed by atoms with Crippen LogP contribution in [0.15, 0.2) is 16.9 Å². The highest BCUT2D eigenvalue weighted by molar-refractivity contribution is 5.94. The number of hydrogen-bond donors (Lipinski definition) is 2. The lowest BCUT2D eigenvalue weighted by molar-refractivity contribution is -0.141. The van der Waals surface area contributed by atoms with Crippen molar-refractivity contribution in [3.05, 3.63) is 33.7 Å². The number of nitrogens with one attached hydrogen (secondary N) is 2. The minimum Gasteiger partial charge on any atom is -0.348 e. The Morgan fingerprint density at radius 3 is 2.61 bits per heavy atom. The summed E-state index contributed by atoms with van der Waals surface area (Å²) in [5.41, 5.74) is -2.73. The Labute approximate surface area is 129 Å². The molecule has 0 unspecified atom stereocenters. The molecular formula is C14H16F3N3O3. The number of hydrogen-bond acceptors (Lipinski definition) is 3. The van der Waals surface area contributed by atoms with Crippen molar-refractivity contribution < 1.29 is 22.8 Å². The predicted molar refractivity (Wildman–Crippen MR) is 74.8 cm³/mol. The molecule has 1 aromatic rings. The summed E-state index contributed by atoms with van der Waals surface area (Å²) in [6.07, 6.45) is -3.45. The molecule has 2 N–H and O–H groups in total. The van der Waals surface area contributed by atoms with E-state index in [4.69, 9.17) is 0 Å². The Bertz CT molecular complexity index is 669. The van der Waals surface area contributed by atoms with E-state index in [0.29, 0.717) is 25.6 Å². The van der Waals surface area contributed by atoms with Crippen LogP contribution in [-0.2, 0) is 11.0 Å². The lowest BCUT2D eigenvalue weighted by atomic mass is 10.2. The molecule has 2 amide bonds. The van der Waals surface area contributed by atoms with E-state index in [9.17, 15) is 27.6 Å². The van der Waals surface area contributed by atoms with Crippen LogP contribution in [0.2, 0.25) is 0 Å². The van der Waals surface area contributed by atoms with Gasteiger partial charge in [-0.05, 0) is 25.5 Å². The van der Waals surface area contributed by atoms with E-state index in [0.717, 1.165) is 12.5 Å². The Morgan fingerprint density at radius 1 is 1.39 bits per heavy atom. The van der Waals surface area contributed by atoms with Crippen molar-refractivity contribution >= 4 is 11.8 Å². The van der Waals surface area contributed by atoms with Crippen molar-refractivity contribution in [2.75, 3.05) is 13.1 Å². The first-order valence-electron chi connectivity index (χ1n) is 7.07. The standard InChI is InChI=1S/C14H16F3N3O3/c1-8(7-20-6-2-3-11(20)21)18-12(22)9-4-5-10(14(15,16)17)19-13(9)23/h4-5,8H,2-3,6-7H2,1H3,(H,18,22)(H,19,23)/t8-/m1/s1. The van der Waals surface area contributed by atoms with Gasteiger partial charge in [-0.25, -0.2) is 0 Å². The van der Waals surface area contributed by atoms with Crippen molar-refractivity contribution in [2.24, 2.45) is 0 Å². The zero-order valence-corrected chi connectivity index (χ0v) is 12.4. The maximum absolute atomic E-state index is 12.5. The lowest BCUT2D eigenvalue weighted by Crippen LogP contribution is -2.43. The van der Waals surface area contributed by atoms with Gasteiger partial charge in [-0.15, -0.1) is 0 Å². The number of pyridine rings is 1. The van der Waals surface area contributed by atoms with Crippen LogP contribution in [0.3, 0.4) is 0 Å². The largest absolute Gasteiger partial charge is 0.431 e. The van der Waals surface area contributed by atoms with Gasteiger partial charge in [0.25, 0.3) is 11.5 Å². The van der Waals surface area contributed by atoms with Crippen molar-refractivity contribution in [1.82, 2.24) is 15.2 Å². The van der Waals surface area contributed by atoms with E-state index >= 15 is 0 Å². The van der Waals surface area contributed by atoms with E-state index < -0.39 is 34.9 Å². The number of carbonyl (C=O) groups excluding carboxylic acids is 2. The van der Waals surface area contributed by atoms with Crippen molar-refractivity contribution in [3.8, 4) is 0 Å². The second-order valence-electron chi connectivity index (χ2n) is 5.43. The smallest absolute Gasteiger partial charge is 0.348 e. The molecule has 2 heterocycles. The highest BCUT2D eigenvalue weighted by atomic mass is 19.4. The SMILES string of the molecule is C[C@H](CN1CCCC1=O)NC(=O)c1ccc(C(F)(F)F)[nH]c1=O. The van der Waals surface area contributed by atoms with Crippen LogP contribution in [0.4, 0.5) is 13.2 Å². The maximum Gasteiger partial charge on any atom is 0.431 e. The fraction of sp³-hybridized carbons (Fsp3) is 0.500. The molecular weight excluding hydrogens is 315 g/mol. The van der Waals surface area contributed by atoms with Gasteiger partial charge in [0.2, 0.25) is 5.91 Å². The van der Waals surface area contributed by atoms with Crippen LogP contribution < -0.4 is 10.9 Å². The van der Waals surface area contributed by atoms with E-state index in [-0.39, 0.29) is 5.91 Å². The lowest BCUT2D eigenvalue weighted by Gasteiger charge is -2.21. The molecule has 1 saturated heterocycles. The molecule has 1 fully saturated rings. The third kappa shape index (κ3) is 4.11. The summed E-state index contributed by atoms with van der Waals surface area (Å²) in [5.74, 6) is -0.780. The second-order valence-corrected chi connectivity index (χ2v) is 5.43. The van der Waals surface area contributed by atoms with Crippen LogP contribution in [0.5, 0.6) is 0 Å². The summed E-state index contributed by atoms with van der Waals surface area (Å²) in [6, 6.07) is 1.06. The summed E-state index contributed by atoms with van der Waals surface area (Å²) < 4.78 is 37.4. The van der Waals surface area contributed by atoms with Gasteiger partial charge in [0.1, 0.15) is 11.3 Å². The highest BCUT2D eigenvalue weighted by Gasteiger charge is 2.32. The zero-order valence-electron chi connectivity index (χ0n) is 12.4. The van der Waals surface area contributed by atoms with E-state index in [1.165, 1.54) is 0 Å². The van der Waals surface area contributed by atoms with E-state index in [1.54, 1.807) is 16.8 Å². The molecule has 9 heteroatoms. The van der Waals surface area contributed by atoms with Crippen LogP contribution in [0.1, 0.15) is 35.8 Å². The van der Waals surface area contributed by atoms with Gasteiger partial charge < -0.3 is 15.2 Å². The third-order valence-electron chi connectivity index (χ3n) is 3.50. The Morgan fingerprint density at radius 2 is 2.09 bits per heavy atom. The average Bonchev–Trinajstić information content (AvgIpc) is 2.82. The number of nitrogens with zero attached hydrogens (tertiary/aromatic N) is 1. The molecule has 23 heavy (non-hydrogen) atoms. The highest BCUT2D eigenvalue weighted by Crippen LogP contribution is 2.26. The first-order valence-corrected chi connectivity index (χ1v) is 7.07. The summed E-state index contributed by atoms with van der Waals surface area (Å²) in [4.78, 5) is 38.3. The fourth-order valence-electron chi connectivity index (χ4n) is 2.39. The average molecular weight is 331 g/mol. The zero-order chi connectivity index (χ0) is 17.2. The quantitative estimate of drug-likeness (QED) is 0.868. The summed E-state index contributed by atoms with van der Waals surface area (Å²) >= 11 is 0. The van der Waals surface area contributed by atoms with E-state index in [1.807, 2.05) is 0 Å². The Kier molecular flexibility index (Phi) is 4.76. The van der Waals surface area contributed by atoms with Gasteiger partial charge >= 0.3 is 6.18 Å². The van der Waals surface area contributed by atoms with Gasteiger partial charge in [-0.2, -0.15) is 13.2 Å². The number of alkyl halides is 3. The molecule has 2 rings (SSSR count). The van der Waals surface area contributed by atoms with E-state index in [2.05, 4.69) is 5.32 Å². The van der Waals surface area contributed by atoms with Crippen LogP contribution in [0, 0.1) is 0 Å². The number of rotatable bonds is 4. The molecule has 126 valence electrons. The van der Waals surface area contributed by atoms with Crippen molar-refractivity contribution in [2.45, 2.75) is 32.0 Å². The third-order valence-corrected chi connectivity index (χ3v) is 3.50. The molecule has 1 atom stereocenters. The maximum atomic E-state index is 12.5. The van der Waals surface area contributed by atoms with Crippen LogP contribution in [-0.4, -0.2) is 40.8 Å². The summed E-state index contributed by atoms with van der Waals surface area (Å²) in [6.45, 7) is 2.56. The van der Waals surface area contributed by atoms with Gasteiger partial charge in [-0.1, -0.05) is 0 Å². The van der Waals surface area contributed by atoms with Crippen LogP contribution in [0.25, 0.3) is 0 Å². The number of halogens is 3. The number of aromatic amines is 1. The van der Waals surface area contributed by atoms with Gasteiger partial charge in [0.05, 0.1) is 0 Å². The minimum atomic E-state index is -4.68. The number of H-pyrrole nitrogens is 1. The van der Waals surface area contributed by atoms with Gasteiger partial charge in [-0.3, -0.25) is 14.4 Å². The van der Waals surface area contributed by atoms with Gasteiger partial charge in [0.15, 0.2) is 0 Å². The molecule has 0 aromatic carbocycles. The topological polar surface area (TPSA) is 82.3 Å². The number of likely N-dealkylation sites (tertiary alicyclic amines) is 1. The Balaban J connectivity index is 2.03. The molecule has 0 spiro atoms. The van der Waals surface area contributed by atoms with Crippen molar-refractivity contribution in [3.63, 3.8) is 0 Å². The second kappa shape index (κ2) is 6.43. The normalized spacial score (nSPS) is 16.5. The predicted octanol–water partition coefficient (Wildman–Crippen LogP) is 1.13. The molecule has 0 bridgehead atoms. The minimum absolute atomic E-state index is 0.00141. The molecule has 1 aliphatic heterocycles. The van der Waals surface area contributed by atoms with Gasteiger partial charge in [0, 0.05) is 25.6 Å². The summed E-state index contributed by atoms with van der Waals surface area (Å²) in [5, 5.41) is 2.51. The molecule has 6 nitrogen and oxygen atoms in total. The monoisotopic (exact) mass is 331 g/mol. The first kappa shape index (κ1) is 17.0. The van der Waals surface area contributed by atoms with Crippen LogP contribution >= 0.6 is 0 Å². The molecule has 0 radical (unpaired) electrons. The molecule has 0 saturated carbocycles. The first-order chi connectivity index (χ1) is 10.7. The Hall–Kier alpha value is -2.32. The van der Waals surface area contributed by atoms with Crippen molar-refractivity contribution in [1.29, 1.82) is 0 Å². The number of carbonyl (C=O) groups is 2. The molecule has 1 aromatic heterocycles.